The van der Waals surface area contributed by atoms with E-state index in [1.807, 2.05) is 30.3 Å². The first-order valence-electron chi connectivity index (χ1n) is 9.70. The third-order valence-corrected chi connectivity index (χ3v) is 4.69. The summed E-state index contributed by atoms with van der Waals surface area (Å²) in [5.41, 5.74) is 5.59. The second-order valence-electron chi connectivity index (χ2n) is 6.82. The van der Waals surface area contributed by atoms with Crippen LogP contribution in [0.1, 0.15) is 18.9 Å². The molecule has 0 spiro atoms. The maximum Gasteiger partial charge on any atom is 0.141 e. The summed E-state index contributed by atoms with van der Waals surface area (Å²) in [7, 11) is 0. The van der Waals surface area contributed by atoms with E-state index in [1.165, 1.54) is 11.1 Å². The van der Waals surface area contributed by atoms with Crippen molar-refractivity contribution in [1.82, 2.24) is 15.3 Å². The number of hydrogen-bond acceptors (Lipinski definition) is 4. The topological polar surface area (TPSA) is 49.8 Å². The van der Waals surface area contributed by atoms with Crippen molar-refractivity contribution in [2.24, 2.45) is 0 Å². The molecule has 0 aliphatic rings. The summed E-state index contributed by atoms with van der Waals surface area (Å²) < 4.78 is 0. The lowest BCUT2D eigenvalue weighted by Gasteiger charge is -2.11. The van der Waals surface area contributed by atoms with E-state index >= 15 is 0 Å². The Labute approximate surface area is 165 Å². The molecule has 3 aromatic carbocycles. The Morgan fingerprint density at radius 1 is 0.821 bits per heavy atom. The van der Waals surface area contributed by atoms with Gasteiger partial charge in [-0.05, 0) is 60.0 Å². The molecule has 0 unspecified atom stereocenters. The van der Waals surface area contributed by atoms with Crippen molar-refractivity contribution in [1.29, 1.82) is 0 Å². The molecule has 28 heavy (non-hydrogen) atoms. The van der Waals surface area contributed by atoms with Crippen LogP contribution in [0, 0.1) is 0 Å². The largest absolute Gasteiger partial charge is 0.340 e. The molecule has 0 amide bonds. The fraction of sp³-hybridized carbons (Fsp3) is 0.167. The van der Waals surface area contributed by atoms with Gasteiger partial charge in [0.05, 0.1) is 5.52 Å². The Balaban J connectivity index is 1.67. The zero-order valence-electron chi connectivity index (χ0n) is 16.0. The quantitative estimate of drug-likeness (QED) is 0.421. The average molecular weight is 368 g/mol. The van der Waals surface area contributed by atoms with Crippen molar-refractivity contribution in [3.8, 4) is 11.1 Å². The van der Waals surface area contributed by atoms with Crippen molar-refractivity contribution in [2.45, 2.75) is 19.9 Å². The van der Waals surface area contributed by atoms with Gasteiger partial charge in [-0.25, -0.2) is 9.97 Å². The van der Waals surface area contributed by atoms with Crippen molar-refractivity contribution < 1.29 is 0 Å². The lowest BCUT2D eigenvalue weighted by molar-refractivity contribution is 0.675. The van der Waals surface area contributed by atoms with Gasteiger partial charge < -0.3 is 10.6 Å². The summed E-state index contributed by atoms with van der Waals surface area (Å²) in [6.45, 7) is 4.10. The molecule has 4 heteroatoms. The molecular weight excluding hydrogens is 344 g/mol. The van der Waals surface area contributed by atoms with Gasteiger partial charge in [0.25, 0.3) is 0 Å². The van der Waals surface area contributed by atoms with Crippen molar-refractivity contribution >= 4 is 22.4 Å². The number of anilines is 2. The van der Waals surface area contributed by atoms with Gasteiger partial charge in [0.1, 0.15) is 12.1 Å². The van der Waals surface area contributed by atoms with Crippen LogP contribution < -0.4 is 10.6 Å². The average Bonchev–Trinajstić information content (AvgIpc) is 2.75. The third kappa shape index (κ3) is 4.18. The van der Waals surface area contributed by atoms with E-state index in [0.29, 0.717) is 0 Å². The Kier molecular flexibility index (Phi) is 5.59. The van der Waals surface area contributed by atoms with Crippen LogP contribution >= 0.6 is 0 Å². The number of rotatable bonds is 7. The lowest BCUT2D eigenvalue weighted by Crippen LogP contribution is -2.13. The van der Waals surface area contributed by atoms with Crippen molar-refractivity contribution in [2.75, 3.05) is 11.9 Å². The third-order valence-electron chi connectivity index (χ3n) is 4.69. The summed E-state index contributed by atoms with van der Waals surface area (Å²) in [4.78, 5) is 8.90. The normalized spacial score (nSPS) is 10.9. The summed E-state index contributed by atoms with van der Waals surface area (Å²) in [6.07, 6.45) is 2.74. The van der Waals surface area contributed by atoms with Gasteiger partial charge >= 0.3 is 0 Å². The summed E-state index contributed by atoms with van der Waals surface area (Å²) in [5.74, 6) is 0.818. The lowest BCUT2D eigenvalue weighted by atomic mass is 10.0. The number of nitrogens with one attached hydrogen (secondary N) is 2. The van der Waals surface area contributed by atoms with Gasteiger partial charge in [0.15, 0.2) is 0 Å². The number of para-hydroxylation sites is 1. The molecule has 1 heterocycles. The van der Waals surface area contributed by atoms with Gasteiger partial charge in [-0.1, -0.05) is 49.4 Å². The molecule has 2 N–H and O–H groups in total. The van der Waals surface area contributed by atoms with Crippen LogP contribution in [-0.4, -0.2) is 16.5 Å². The van der Waals surface area contributed by atoms with E-state index < -0.39 is 0 Å². The monoisotopic (exact) mass is 368 g/mol. The maximum absolute atomic E-state index is 4.47. The minimum absolute atomic E-state index is 0.818. The summed E-state index contributed by atoms with van der Waals surface area (Å²) >= 11 is 0. The SMILES string of the molecule is CCCNCc1cccc(-c2ccc3ncnc(Nc4ccccc4)c3c2)c1. The molecule has 0 radical (unpaired) electrons. The molecule has 1 aromatic heterocycles. The Bertz CT molecular complexity index is 1060. The van der Waals surface area contributed by atoms with Gasteiger partial charge in [-0.2, -0.15) is 0 Å². The number of aromatic nitrogens is 2. The van der Waals surface area contributed by atoms with E-state index in [4.69, 9.17) is 0 Å². The summed E-state index contributed by atoms with van der Waals surface area (Å²) in [5, 5.41) is 7.89. The molecule has 0 fully saturated rings. The molecule has 4 rings (SSSR count). The van der Waals surface area contributed by atoms with Crippen LogP contribution in [0.5, 0.6) is 0 Å². The minimum Gasteiger partial charge on any atom is -0.340 e. The van der Waals surface area contributed by atoms with Crippen LogP contribution in [0.15, 0.2) is 79.1 Å². The number of fused-ring (bicyclic) bond motifs is 1. The fourth-order valence-electron chi connectivity index (χ4n) is 3.26. The molecule has 4 nitrogen and oxygen atoms in total. The Hall–Kier alpha value is -3.24. The first-order chi connectivity index (χ1) is 13.8. The Morgan fingerprint density at radius 2 is 1.68 bits per heavy atom. The molecule has 0 saturated carbocycles. The number of nitrogens with zero attached hydrogens (tertiary/aromatic N) is 2. The van der Waals surface area contributed by atoms with Crippen LogP contribution in [0.3, 0.4) is 0 Å². The van der Waals surface area contributed by atoms with E-state index in [2.05, 4.69) is 70.0 Å². The van der Waals surface area contributed by atoms with Gasteiger partial charge in [0, 0.05) is 17.6 Å². The molecular formula is C24H24N4. The maximum atomic E-state index is 4.47. The predicted octanol–water partition coefficient (Wildman–Crippen LogP) is 5.54. The predicted molar refractivity (Wildman–Crippen MR) is 117 cm³/mol. The van der Waals surface area contributed by atoms with Gasteiger partial charge in [0.2, 0.25) is 0 Å². The molecule has 0 aliphatic carbocycles. The van der Waals surface area contributed by atoms with Gasteiger partial charge in [-0.15, -0.1) is 0 Å². The second-order valence-corrected chi connectivity index (χ2v) is 6.82. The zero-order valence-corrected chi connectivity index (χ0v) is 16.0. The first kappa shape index (κ1) is 18.1. The van der Waals surface area contributed by atoms with Crippen LogP contribution in [0.25, 0.3) is 22.0 Å². The minimum atomic E-state index is 0.818. The highest BCUT2D eigenvalue weighted by atomic mass is 15.0. The highest BCUT2D eigenvalue weighted by Gasteiger charge is 2.07. The first-order valence-corrected chi connectivity index (χ1v) is 9.70. The fourth-order valence-corrected chi connectivity index (χ4v) is 3.26. The van der Waals surface area contributed by atoms with E-state index in [-0.39, 0.29) is 0 Å². The highest BCUT2D eigenvalue weighted by Crippen LogP contribution is 2.29. The molecule has 4 aromatic rings. The zero-order chi connectivity index (χ0) is 19.2. The molecule has 0 saturated heterocycles. The van der Waals surface area contributed by atoms with Crippen LogP contribution in [0.4, 0.5) is 11.5 Å². The van der Waals surface area contributed by atoms with E-state index in [1.54, 1.807) is 6.33 Å². The number of benzene rings is 3. The smallest absolute Gasteiger partial charge is 0.141 e. The highest BCUT2D eigenvalue weighted by molar-refractivity contribution is 5.93. The summed E-state index contributed by atoms with van der Waals surface area (Å²) in [6, 6.07) is 25.1. The molecule has 0 aliphatic heterocycles. The molecule has 0 bridgehead atoms. The van der Waals surface area contributed by atoms with Crippen LogP contribution in [0.2, 0.25) is 0 Å². The molecule has 0 atom stereocenters. The van der Waals surface area contributed by atoms with Gasteiger partial charge in [-0.3, -0.25) is 0 Å². The van der Waals surface area contributed by atoms with Crippen LogP contribution in [-0.2, 0) is 6.54 Å². The number of hydrogen-bond donors (Lipinski definition) is 2. The van der Waals surface area contributed by atoms with E-state index in [9.17, 15) is 0 Å². The Morgan fingerprint density at radius 3 is 2.54 bits per heavy atom. The standard InChI is InChI=1S/C24H24N4/c1-2-13-25-16-18-7-6-8-19(14-18)20-11-12-23-22(15-20)24(27-17-26-23)28-21-9-4-3-5-10-21/h3-12,14-15,17,25H,2,13,16H2,1H3,(H,26,27,28). The van der Waals surface area contributed by atoms with Crippen molar-refractivity contribution in [3.05, 3.63) is 84.7 Å². The van der Waals surface area contributed by atoms with E-state index in [0.717, 1.165) is 47.5 Å². The molecule has 140 valence electrons. The second kappa shape index (κ2) is 8.63. The van der Waals surface area contributed by atoms with Crippen molar-refractivity contribution in [3.63, 3.8) is 0 Å².